The highest BCUT2D eigenvalue weighted by molar-refractivity contribution is 6.31. The predicted octanol–water partition coefficient (Wildman–Crippen LogP) is 5.38. The monoisotopic (exact) mass is 463 g/mol. The van der Waals surface area contributed by atoms with Gasteiger partial charge in [-0.3, -0.25) is 14.9 Å². The van der Waals surface area contributed by atoms with Gasteiger partial charge in [-0.05, 0) is 24.3 Å². The first-order valence-corrected chi connectivity index (χ1v) is 10.0. The van der Waals surface area contributed by atoms with Gasteiger partial charge in [-0.15, -0.1) is 0 Å². The number of hydrogen-bond acceptors (Lipinski definition) is 6. The minimum Gasteiger partial charge on any atom is -0.494 e. The Kier molecular flexibility index (Phi) is 7.63. The van der Waals surface area contributed by atoms with Crippen LogP contribution in [0.2, 0.25) is 5.02 Å². The fraction of sp³-hybridized carbons (Fsp3) is 0.0833. The van der Waals surface area contributed by atoms with Crippen LogP contribution < -0.4 is 14.8 Å². The average molecular weight is 464 g/mol. The van der Waals surface area contributed by atoms with Gasteiger partial charge < -0.3 is 14.8 Å². The molecule has 33 heavy (non-hydrogen) atoms. The Bertz CT molecular complexity index is 1270. The maximum absolute atomic E-state index is 12.7. The number of halogens is 1. The number of amides is 1. The van der Waals surface area contributed by atoms with Crippen LogP contribution in [0.15, 0.2) is 72.3 Å². The summed E-state index contributed by atoms with van der Waals surface area (Å²) in [4.78, 5) is 23.1. The number of nitriles is 1. The van der Waals surface area contributed by atoms with E-state index in [1.165, 1.54) is 31.4 Å². The molecule has 0 aromatic heterocycles. The van der Waals surface area contributed by atoms with Gasteiger partial charge in [0.1, 0.15) is 29.7 Å². The smallest absolute Gasteiger partial charge is 0.273 e. The van der Waals surface area contributed by atoms with Gasteiger partial charge in [0.05, 0.1) is 23.8 Å². The third-order valence-corrected chi connectivity index (χ3v) is 4.94. The number of nitrogens with one attached hydrogen (secondary N) is 1. The topological polar surface area (TPSA) is 114 Å². The third-order valence-electron chi connectivity index (χ3n) is 4.57. The molecule has 9 heteroatoms. The predicted molar refractivity (Wildman–Crippen MR) is 124 cm³/mol. The SMILES string of the molecule is COc1cc([N+](=O)[O-])ccc1NC(=O)C(C#N)=Cc1ccccc1OCc1ccccc1Cl. The van der Waals surface area contributed by atoms with E-state index in [9.17, 15) is 20.2 Å². The molecule has 0 fully saturated rings. The van der Waals surface area contributed by atoms with Gasteiger partial charge >= 0.3 is 0 Å². The van der Waals surface area contributed by atoms with Gasteiger partial charge in [-0.2, -0.15) is 5.26 Å². The molecule has 0 aliphatic carbocycles. The normalized spacial score (nSPS) is 10.8. The zero-order valence-corrected chi connectivity index (χ0v) is 18.2. The van der Waals surface area contributed by atoms with Crippen molar-refractivity contribution in [3.8, 4) is 17.6 Å². The van der Waals surface area contributed by atoms with Crippen LogP contribution in [-0.4, -0.2) is 17.9 Å². The summed E-state index contributed by atoms with van der Waals surface area (Å²) < 4.78 is 11.0. The Morgan fingerprint density at radius 3 is 2.58 bits per heavy atom. The van der Waals surface area contributed by atoms with Crippen LogP contribution in [0.3, 0.4) is 0 Å². The molecule has 0 saturated carbocycles. The van der Waals surface area contributed by atoms with Crippen LogP contribution in [0.4, 0.5) is 11.4 Å². The van der Waals surface area contributed by atoms with E-state index in [2.05, 4.69) is 5.32 Å². The van der Waals surface area contributed by atoms with E-state index in [-0.39, 0.29) is 29.3 Å². The van der Waals surface area contributed by atoms with Crippen molar-refractivity contribution in [3.63, 3.8) is 0 Å². The molecule has 0 radical (unpaired) electrons. The molecule has 3 aromatic carbocycles. The largest absolute Gasteiger partial charge is 0.494 e. The number of carbonyl (C=O) groups excluding carboxylic acids is 1. The van der Waals surface area contributed by atoms with Crippen molar-refractivity contribution in [2.24, 2.45) is 0 Å². The lowest BCUT2D eigenvalue weighted by atomic mass is 10.1. The van der Waals surface area contributed by atoms with Crippen LogP contribution in [0, 0.1) is 21.4 Å². The number of non-ortho nitro benzene ring substituents is 1. The number of anilines is 1. The summed E-state index contributed by atoms with van der Waals surface area (Å²) in [6.45, 7) is 0.207. The highest BCUT2D eigenvalue weighted by atomic mass is 35.5. The number of nitro groups is 1. The number of hydrogen-bond donors (Lipinski definition) is 1. The summed E-state index contributed by atoms with van der Waals surface area (Å²) in [6, 6.07) is 19.8. The summed E-state index contributed by atoms with van der Waals surface area (Å²) in [5.41, 5.74) is 1.13. The molecular formula is C24H18ClN3O5. The zero-order valence-electron chi connectivity index (χ0n) is 17.4. The number of methoxy groups -OCH3 is 1. The van der Waals surface area contributed by atoms with Crippen molar-refractivity contribution < 1.29 is 19.2 Å². The second kappa shape index (κ2) is 10.8. The second-order valence-corrected chi connectivity index (χ2v) is 7.09. The number of benzene rings is 3. The van der Waals surface area contributed by atoms with Gasteiger partial charge in [0, 0.05) is 22.2 Å². The van der Waals surface area contributed by atoms with Gasteiger partial charge in [0.15, 0.2) is 0 Å². The summed E-state index contributed by atoms with van der Waals surface area (Å²) in [7, 11) is 1.32. The number of carbonyl (C=O) groups is 1. The van der Waals surface area contributed by atoms with Gasteiger partial charge in [-0.25, -0.2) is 0 Å². The van der Waals surface area contributed by atoms with Crippen LogP contribution in [0.25, 0.3) is 6.08 Å². The first kappa shape index (κ1) is 23.3. The van der Waals surface area contributed by atoms with Crippen molar-refractivity contribution >= 4 is 35.0 Å². The lowest BCUT2D eigenvalue weighted by molar-refractivity contribution is -0.384. The Hall–Kier alpha value is -4.35. The second-order valence-electron chi connectivity index (χ2n) is 6.68. The number of ether oxygens (including phenoxy) is 2. The van der Waals surface area contributed by atoms with E-state index < -0.39 is 10.8 Å². The number of nitro benzene ring substituents is 1. The molecule has 0 spiro atoms. The number of rotatable bonds is 8. The van der Waals surface area contributed by atoms with Crippen molar-refractivity contribution in [1.82, 2.24) is 0 Å². The highest BCUT2D eigenvalue weighted by Gasteiger charge is 2.16. The van der Waals surface area contributed by atoms with E-state index in [1.54, 1.807) is 30.3 Å². The molecular weight excluding hydrogens is 446 g/mol. The van der Waals surface area contributed by atoms with Crippen LogP contribution in [0.5, 0.6) is 11.5 Å². The summed E-state index contributed by atoms with van der Waals surface area (Å²) in [5, 5.41) is 23.6. The standard InChI is InChI=1S/C24H18ClN3O5/c1-32-23-13-19(28(30)31)10-11-21(23)27-24(29)18(14-26)12-16-6-3-5-9-22(16)33-15-17-7-2-4-8-20(17)25/h2-13H,15H2,1H3,(H,27,29). The highest BCUT2D eigenvalue weighted by Crippen LogP contribution is 2.30. The molecule has 0 unspecified atom stereocenters. The van der Waals surface area contributed by atoms with E-state index in [0.717, 1.165) is 5.56 Å². The first-order valence-electron chi connectivity index (χ1n) is 9.63. The van der Waals surface area contributed by atoms with Crippen molar-refractivity contribution in [2.45, 2.75) is 6.61 Å². The fourth-order valence-corrected chi connectivity index (χ4v) is 3.08. The lowest BCUT2D eigenvalue weighted by Crippen LogP contribution is -2.14. The molecule has 0 atom stereocenters. The van der Waals surface area contributed by atoms with Gasteiger partial charge in [-0.1, -0.05) is 48.0 Å². The molecule has 0 bridgehead atoms. The lowest BCUT2D eigenvalue weighted by Gasteiger charge is -2.11. The Morgan fingerprint density at radius 2 is 1.88 bits per heavy atom. The maximum Gasteiger partial charge on any atom is 0.273 e. The number of para-hydroxylation sites is 1. The third kappa shape index (κ3) is 5.87. The van der Waals surface area contributed by atoms with E-state index in [0.29, 0.717) is 16.3 Å². The molecule has 0 saturated heterocycles. The average Bonchev–Trinajstić information content (AvgIpc) is 2.82. The molecule has 0 aliphatic heterocycles. The Morgan fingerprint density at radius 1 is 1.15 bits per heavy atom. The Labute approximate surface area is 194 Å². The quantitative estimate of drug-likeness (QED) is 0.207. The van der Waals surface area contributed by atoms with E-state index in [1.807, 2.05) is 24.3 Å². The summed E-state index contributed by atoms with van der Waals surface area (Å²) >= 11 is 6.17. The molecule has 1 amide bonds. The van der Waals surface area contributed by atoms with Crippen molar-refractivity contribution in [2.75, 3.05) is 12.4 Å². The first-order chi connectivity index (χ1) is 15.9. The van der Waals surface area contributed by atoms with Crippen LogP contribution in [0.1, 0.15) is 11.1 Å². The fourth-order valence-electron chi connectivity index (χ4n) is 2.89. The van der Waals surface area contributed by atoms with Crippen LogP contribution in [-0.2, 0) is 11.4 Å². The minimum absolute atomic E-state index is 0.0957. The van der Waals surface area contributed by atoms with Crippen LogP contribution >= 0.6 is 11.6 Å². The Balaban J connectivity index is 1.82. The molecule has 3 rings (SSSR count). The van der Waals surface area contributed by atoms with E-state index >= 15 is 0 Å². The van der Waals surface area contributed by atoms with Crippen molar-refractivity contribution in [1.29, 1.82) is 5.26 Å². The van der Waals surface area contributed by atoms with E-state index in [4.69, 9.17) is 21.1 Å². The van der Waals surface area contributed by atoms with Crippen molar-refractivity contribution in [3.05, 3.63) is 98.6 Å². The zero-order chi connectivity index (χ0) is 23.8. The molecule has 8 nitrogen and oxygen atoms in total. The molecule has 1 N–H and O–H groups in total. The number of nitrogens with zero attached hydrogens (tertiary/aromatic N) is 2. The minimum atomic E-state index is -0.703. The molecule has 0 aliphatic rings. The summed E-state index contributed by atoms with van der Waals surface area (Å²) in [6.07, 6.45) is 1.40. The maximum atomic E-state index is 12.7. The molecule has 3 aromatic rings. The summed E-state index contributed by atoms with van der Waals surface area (Å²) in [5.74, 6) is -0.144. The molecule has 166 valence electrons. The van der Waals surface area contributed by atoms with Gasteiger partial charge in [0.2, 0.25) is 0 Å². The molecule has 0 heterocycles. The van der Waals surface area contributed by atoms with Gasteiger partial charge in [0.25, 0.3) is 11.6 Å².